The summed E-state index contributed by atoms with van der Waals surface area (Å²) < 4.78 is 30.6. The maximum Gasteiger partial charge on any atom is 0.272 e. The van der Waals surface area contributed by atoms with E-state index in [0.717, 1.165) is 4.57 Å². The number of nitrogens with zero attached hydrogens (tertiary/aromatic N) is 1. The number of hydrogen-bond donors (Lipinski definition) is 2. The van der Waals surface area contributed by atoms with Crippen molar-refractivity contribution in [3.63, 3.8) is 0 Å². The molecule has 1 rings (SSSR count). The third kappa shape index (κ3) is 2.99. The van der Waals surface area contributed by atoms with Crippen molar-refractivity contribution >= 4 is 21.7 Å². The molecular formula is C9H12ClNO5S. The Bertz CT molecular complexity index is 605. The number of pyridine rings is 1. The molecule has 0 unspecified atom stereocenters. The molecule has 0 aliphatic heterocycles. The van der Waals surface area contributed by atoms with Crippen molar-refractivity contribution < 1.29 is 18.1 Å². The molecule has 96 valence electrons. The lowest BCUT2D eigenvalue weighted by Gasteiger charge is -2.12. The quantitative estimate of drug-likeness (QED) is 0.796. The fourth-order valence-corrected chi connectivity index (χ4v) is 1.98. The highest BCUT2D eigenvalue weighted by molar-refractivity contribution is 7.85. The lowest BCUT2D eigenvalue weighted by molar-refractivity contribution is 0.404. The second kappa shape index (κ2) is 4.67. The van der Waals surface area contributed by atoms with Gasteiger partial charge in [0.15, 0.2) is 5.88 Å². The molecule has 6 nitrogen and oxygen atoms in total. The first kappa shape index (κ1) is 14.0. The molecular weight excluding hydrogens is 270 g/mol. The van der Waals surface area contributed by atoms with E-state index in [1.54, 1.807) is 13.8 Å². The first-order chi connectivity index (χ1) is 7.65. The zero-order valence-corrected chi connectivity index (χ0v) is 10.8. The molecule has 0 fully saturated rings. The SMILES string of the molecule is Cc1c(C)c(O)n(CCS(=O)(=O)O)c(=O)c1Cl. The van der Waals surface area contributed by atoms with Gasteiger partial charge in [-0.15, -0.1) is 0 Å². The summed E-state index contributed by atoms with van der Waals surface area (Å²) >= 11 is 5.75. The van der Waals surface area contributed by atoms with Gasteiger partial charge in [0.05, 0.1) is 5.75 Å². The zero-order chi connectivity index (χ0) is 13.4. The minimum atomic E-state index is -4.21. The number of halogens is 1. The van der Waals surface area contributed by atoms with E-state index in [1.807, 2.05) is 0 Å². The van der Waals surface area contributed by atoms with Gasteiger partial charge in [0, 0.05) is 12.1 Å². The van der Waals surface area contributed by atoms with Crippen molar-refractivity contribution in [2.75, 3.05) is 5.75 Å². The van der Waals surface area contributed by atoms with Crippen LogP contribution in [0.3, 0.4) is 0 Å². The maximum absolute atomic E-state index is 11.7. The molecule has 8 heteroatoms. The van der Waals surface area contributed by atoms with Gasteiger partial charge >= 0.3 is 0 Å². The van der Waals surface area contributed by atoms with Gasteiger partial charge in [-0.05, 0) is 19.4 Å². The fourth-order valence-electron chi connectivity index (χ4n) is 1.32. The van der Waals surface area contributed by atoms with E-state index in [-0.39, 0.29) is 17.4 Å². The number of rotatable bonds is 3. The van der Waals surface area contributed by atoms with Gasteiger partial charge in [-0.3, -0.25) is 13.9 Å². The van der Waals surface area contributed by atoms with Crippen LogP contribution in [-0.2, 0) is 16.7 Å². The van der Waals surface area contributed by atoms with Crippen LogP contribution < -0.4 is 5.56 Å². The average molecular weight is 282 g/mol. The van der Waals surface area contributed by atoms with Crippen molar-refractivity contribution in [3.05, 3.63) is 26.5 Å². The summed E-state index contributed by atoms with van der Waals surface area (Å²) in [5.74, 6) is -1.01. The van der Waals surface area contributed by atoms with Gasteiger partial charge in [-0.1, -0.05) is 11.6 Å². The molecule has 1 heterocycles. The van der Waals surface area contributed by atoms with Crippen LogP contribution in [0.4, 0.5) is 0 Å². The molecule has 0 saturated heterocycles. The third-order valence-electron chi connectivity index (χ3n) is 2.49. The Labute approximate surface area is 103 Å². The predicted octanol–water partition coefficient (Wildman–Crippen LogP) is 0.712. The summed E-state index contributed by atoms with van der Waals surface area (Å²) in [6.45, 7) is 2.77. The molecule has 0 aliphatic rings. The van der Waals surface area contributed by atoms with E-state index in [1.165, 1.54) is 0 Å². The average Bonchev–Trinajstić information content (AvgIpc) is 2.22. The second-order valence-corrected chi connectivity index (χ2v) is 5.58. The Kier molecular flexibility index (Phi) is 3.85. The van der Waals surface area contributed by atoms with Crippen molar-refractivity contribution in [1.29, 1.82) is 0 Å². The molecule has 17 heavy (non-hydrogen) atoms. The molecule has 0 aliphatic carbocycles. The second-order valence-electron chi connectivity index (χ2n) is 3.63. The number of aromatic hydroxyl groups is 1. The number of hydrogen-bond acceptors (Lipinski definition) is 4. The van der Waals surface area contributed by atoms with Crippen molar-refractivity contribution in [2.45, 2.75) is 20.4 Å². The minimum Gasteiger partial charge on any atom is -0.494 e. The van der Waals surface area contributed by atoms with Gasteiger partial charge < -0.3 is 5.11 Å². The Morgan fingerprint density at radius 1 is 1.29 bits per heavy atom. The highest BCUT2D eigenvalue weighted by Crippen LogP contribution is 2.22. The summed E-state index contributed by atoms with van der Waals surface area (Å²) in [7, 11) is -4.21. The molecule has 0 amide bonds. The molecule has 0 saturated carbocycles. The molecule has 0 aromatic carbocycles. The van der Waals surface area contributed by atoms with E-state index >= 15 is 0 Å². The molecule has 0 spiro atoms. The van der Waals surface area contributed by atoms with E-state index in [4.69, 9.17) is 16.2 Å². The Hall–Kier alpha value is -1.05. The topological polar surface area (TPSA) is 96.6 Å². The summed E-state index contributed by atoms with van der Waals surface area (Å²) in [5, 5.41) is 9.63. The van der Waals surface area contributed by atoms with Gasteiger partial charge in [-0.25, -0.2) is 0 Å². The standard InChI is InChI=1S/C9H12ClNO5S/c1-5-6(2)8(12)11(9(13)7(5)10)3-4-17(14,15)16/h12H,3-4H2,1-2H3,(H,14,15,16). The summed E-state index contributed by atoms with van der Waals surface area (Å²) in [6, 6.07) is 0. The van der Waals surface area contributed by atoms with E-state index in [2.05, 4.69) is 0 Å². The smallest absolute Gasteiger partial charge is 0.272 e. The van der Waals surface area contributed by atoms with E-state index in [0.29, 0.717) is 11.1 Å². The minimum absolute atomic E-state index is 0.0735. The van der Waals surface area contributed by atoms with Crippen LogP contribution in [0.15, 0.2) is 4.79 Å². The van der Waals surface area contributed by atoms with E-state index in [9.17, 15) is 18.3 Å². The van der Waals surface area contributed by atoms with Crippen molar-refractivity contribution in [3.8, 4) is 5.88 Å². The van der Waals surface area contributed by atoms with Gasteiger partial charge in [0.1, 0.15) is 5.02 Å². The highest BCUT2D eigenvalue weighted by atomic mass is 35.5. The van der Waals surface area contributed by atoms with Crippen LogP contribution in [-0.4, -0.2) is 28.4 Å². The third-order valence-corrected chi connectivity index (χ3v) is 3.63. The maximum atomic E-state index is 11.7. The van der Waals surface area contributed by atoms with Crippen LogP contribution in [0.1, 0.15) is 11.1 Å². The molecule has 0 radical (unpaired) electrons. The normalized spacial score (nSPS) is 11.8. The van der Waals surface area contributed by atoms with Crippen molar-refractivity contribution in [1.82, 2.24) is 4.57 Å². The summed E-state index contributed by atoms with van der Waals surface area (Å²) in [4.78, 5) is 11.7. The van der Waals surface area contributed by atoms with Crippen LogP contribution in [0.5, 0.6) is 5.88 Å². The first-order valence-electron chi connectivity index (χ1n) is 4.68. The first-order valence-corrected chi connectivity index (χ1v) is 6.67. The van der Waals surface area contributed by atoms with Gasteiger partial charge in [0.2, 0.25) is 0 Å². The fraction of sp³-hybridized carbons (Fsp3) is 0.444. The highest BCUT2D eigenvalue weighted by Gasteiger charge is 2.16. The largest absolute Gasteiger partial charge is 0.494 e. The van der Waals surface area contributed by atoms with Crippen LogP contribution in [0, 0.1) is 13.8 Å². The molecule has 1 aromatic heterocycles. The van der Waals surface area contributed by atoms with Crippen LogP contribution >= 0.6 is 11.6 Å². The lowest BCUT2D eigenvalue weighted by Crippen LogP contribution is -2.25. The Balaban J connectivity index is 3.31. The Morgan fingerprint density at radius 3 is 2.29 bits per heavy atom. The van der Waals surface area contributed by atoms with Crippen molar-refractivity contribution in [2.24, 2.45) is 0 Å². The van der Waals surface area contributed by atoms with E-state index < -0.39 is 21.4 Å². The molecule has 1 aromatic rings. The van der Waals surface area contributed by atoms with Gasteiger partial charge in [0.25, 0.3) is 15.7 Å². The zero-order valence-electron chi connectivity index (χ0n) is 9.27. The van der Waals surface area contributed by atoms with Crippen LogP contribution in [0.2, 0.25) is 5.02 Å². The predicted molar refractivity (Wildman–Crippen MR) is 63.3 cm³/mol. The van der Waals surface area contributed by atoms with Gasteiger partial charge in [-0.2, -0.15) is 8.42 Å². The molecule has 0 atom stereocenters. The number of aromatic nitrogens is 1. The Morgan fingerprint density at radius 2 is 1.82 bits per heavy atom. The van der Waals surface area contributed by atoms with Crippen LogP contribution in [0.25, 0.3) is 0 Å². The molecule has 2 N–H and O–H groups in total. The summed E-state index contributed by atoms with van der Waals surface area (Å²) in [5.41, 5.74) is 0.151. The monoisotopic (exact) mass is 281 g/mol. The lowest BCUT2D eigenvalue weighted by atomic mass is 10.1. The summed E-state index contributed by atoms with van der Waals surface area (Å²) in [6.07, 6.45) is 0. The molecule has 0 bridgehead atoms.